The van der Waals surface area contributed by atoms with Crippen LogP contribution in [0, 0.1) is 11.8 Å². The smallest absolute Gasteiger partial charge is 0.241 e. The highest BCUT2D eigenvalue weighted by molar-refractivity contribution is 9.10. The fraction of sp³-hybridized carbons (Fsp3) is 0.241. The van der Waals surface area contributed by atoms with E-state index in [1.165, 1.54) is 0 Å². The standard InChI is InChI=1S/C29H22BrNO5/c1-15(2)16-9-13-19(14-10-16)31-27(34)22-23(28(31)35)29(36-24(22)17-7-11-18(30)12-8-17)25(32)20-5-3-4-6-21(20)26(29)33/h3-15,22-24H,1-2H3/t22-,23-,24-/m0/s1. The minimum Gasteiger partial charge on any atom is -0.349 e. The molecule has 2 fully saturated rings. The lowest BCUT2D eigenvalue weighted by atomic mass is 9.77. The van der Waals surface area contributed by atoms with E-state index in [1.807, 2.05) is 12.1 Å². The van der Waals surface area contributed by atoms with Crippen LogP contribution in [0.25, 0.3) is 0 Å². The van der Waals surface area contributed by atoms with E-state index in [1.54, 1.807) is 60.7 Å². The number of hydrogen-bond acceptors (Lipinski definition) is 5. The normalized spacial score (nSPS) is 24.2. The molecular formula is C29H22BrNO5. The van der Waals surface area contributed by atoms with E-state index in [4.69, 9.17) is 4.74 Å². The van der Waals surface area contributed by atoms with Crippen molar-refractivity contribution in [3.8, 4) is 0 Å². The first-order valence-corrected chi connectivity index (χ1v) is 12.6. The minimum absolute atomic E-state index is 0.220. The number of nitrogens with zero attached hydrogens (tertiary/aromatic N) is 1. The Balaban J connectivity index is 1.51. The molecule has 0 unspecified atom stereocenters. The van der Waals surface area contributed by atoms with Crippen LogP contribution in [0.5, 0.6) is 0 Å². The fourth-order valence-electron chi connectivity index (χ4n) is 5.73. The molecule has 6 rings (SSSR count). The molecule has 0 aromatic heterocycles. The Kier molecular flexibility index (Phi) is 5.14. The van der Waals surface area contributed by atoms with Crippen LogP contribution in [-0.4, -0.2) is 29.0 Å². The molecule has 3 aliphatic rings. The lowest BCUT2D eigenvalue weighted by Crippen LogP contribution is -2.51. The van der Waals surface area contributed by atoms with E-state index in [2.05, 4.69) is 29.8 Å². The van der Waals surface area contributed by atoms with Crippen molar-refractivity contribution in [1.29, 1.82) is 0 Å². The van der Waals surface area contributed by atoms with Crippen molar-refractivity contribution in [2.24, 2.45) is 11.8 Å². The van der Waals surface area contributed by atoms with Gasteiger partial charge in [-0.1, -0.05) is 78.3 Å². The van der Waals surface area contributed by atoms with Crippen molar-refractivity contribution in [1.82, 2.24) is 0 Å². The summed E-state index contributed by atoms with van der Waals surface area (Å²) in [5.41, 5.74) is 0.493. The fourth-order valence-corrected chi connectivity index (χ4v) is 6.00. The molecule has 1 spiro atoms. The molecule has 3 atom stereocenters. The zero-order valence-electron chi connectivity index (χ0n) is 19.6. The highest BCUT2D eigenvalue weighted by Crippen LogP contribution is 2.57. The van der Waals surface area contributed by atoms with Crippen molar-refractivity contribution >= 4 is 45.0 Å². The first kappa shape index (κ1) is 23.0. The van der Waals surface area contributed by atoms with Gasteiger partial charge in [-0.3, -0.25) is 19.2 Å². The van der Waals surface area contributed by atoms with Crippen LogP contribution in [0.2, 0.25) is 0 Å². The van der Waals surface area contributed by atoms with Gasteiger partial charge in [0, 0.05) is 15.6 Å². The third-order valence-electron chi connectivity index (χ3n) is 7.54. The van der Waals surface area contributed by atoms with Crippen LogP contribution in [0.15, 0.2) is 77.3 Å². The van der Waals surface area contributed by atoms with Crippen molar-refractivity contribution in [3.63, 3.8) is 0 Å². The van der Waals surface area contributed by atoms with E-state index >= 15 is 0 Å². The lowest BCUT2D eigenvalue weighted by Gasteiger charge is -2.27. The van der Waals surface area contributed by atoms with Crippen LogP contribution in [0.1, 0.15) is 57.7 Å². The Morgan fingerprint density at radius 2 is 1.39 bits per heavy atom. The first-order chi connectivity index (χ1) is 17.3. The van der Waals surface area contributed by atoms with Crippen LogP contribution in [0.3, 0.4) is 0 Å². The zero-order valence-corrected chi connectivity index (χ0v) is 21.2. The number of carbonyl (C=O) groups is 4. The molecule has 1 aliphatic carbocycles. The maximum Gasteiger partial charge on any atom is 0.241 e. The Morgan fingerprint density at radius 3 is 1.94 bits per heavy atom. The van der Waals surface area contributed by atoms with E-state index in [0.717, 1.165) is 14.9 Å². The summed E-state index contributed by atoms with van der Waals surface area (Å²) in [7, 11) is 0. The van der Waals surface area contributed by atoms with E-state index < -0.39 is 46.9 Å². The monoisotopic (exact) mass is 543 g/mol. The number of benzene rings is 3. The molecule has 6 nitrogen and oxygen atoms in total. The molecule has 0 bridgehead atoms. The van der Waals surface area contributed by atoms with Gasteiger partial charge in [0.1, 0.15) is 0 Å². The predicted molar refractivity (Wildman–Crippen MR) is 136 cm³/mol. The van der Waals surface area contributed by atoms with Crippen molar-refractivity contribution in [3.05, 3.63) is 99.5 Å². The summed E-state index contributed by atoms with van der Waals surface area (Å²) < 4.78 is 7.13. The van der Waals surface area contributed by atoms with Crippen molar-refractivity contribution in [2.45, 2.75) is 31.5 Å². The quantitative estimate of drug-likeness (QED) is 0.332. The van der Waals surface area contributed by atoms with Crippen molar-refractivity contribution in [2.75, 3.05) is 4.90 Å². The Hall–Kier alpha value is -3.42. The Labute approximate surface area is 216 Å². The van der Waals surface area contributed by atoms with Gasteiger partial charge in [-0.2, -0.15) is 0 Å². The summed E-state index contributed by atoms with van der Waals surface area (Å²) in [5, 5.41) is 0. The van der Waals surface area contributed by atoms with Gasteiger partial charge in [0.05, 0.1) is 23.6 Å². The van der Waals surface area contributed by atoms with Gasteiger partial charge in [0.25, 0.3) is 0 Å². The number of halogens is 1. The number of ether oxygens (including phenoxy) is 1. The van der Waals surface area contributed by atoms with Gasteiger partial charge in [-0.05, 0) is 41.3 Å². The number of imide groups is 1. The summed E-state index contributed by atoms with van der Waals surface area (Å²) in [6, 6.07) is 20.9. The highest BCUT2D eigenvalue weighted by Gasteiger charge is 2.74. The van der Waals surface area contributed by atoms with Gasteiger partial charge in [0.15, 0.2) is 0 Å². The first-order valence-electron chi connectivity index (χ1n) is 11.9. The molecule has 36 heavy (non-hydrogen) atoms. The molecule has 0 radical (unpaired) electrons. The molecule has 0 N–H and O–H groups in total. The summed E-state index contributed by atoms with van der Waals surface area (Å²) in [5.74, 6) is -4.15. The number of rotatable bonds is 3. The average molecular weight is 544 g/mol. The number of fused-ring (bicyclic) bond motifs is 3. The molecule has 7 heteroatoms. The lowest BCUT2D eigenvalue weighted by molar-refractivity contribution is -0.127. The topological polar surface area (TPSA) is 80.8 Å². The summed E-state index contributed by atoms with van der Waals surface area (Å²) in [6.07, 6.45) is -0.929. The van der Waals surface area contributed by atoms with Gasteiger partial charge in [-0.25, -0.2) is 4.90 Å². The second kappa shape index (κ2) is 8.05. The summed E-state index contributed by atoms with van der Waals surface area (Å²) in [4.78, 5) is 56.5. The van der Waals surface area contributed by atoms with Gasteiger partial charge in [0.2, 0.25) is 29.0 Å². The maximum atomic E-state index is 14.0. The van der Waals surface area contributed by atoms with Crippen molar-refractivity contribution < 1.29 is 23.9 Å². The van der Waals surface area contributed by atoms with Gasteiger partial charge < -0.3 is 4.74 Å². The largest absolute Gasteiger partial charge is 0.349 e. The number of anilines is 1. The van der Waals surface area contributed by atoms with E-state index in [-0.39, 0.29) is 17.0 Å². The SMILES string of the molecule is CC(C)c1ccc(N2C(=O)[C@H]3[C@@H](C2=O)C2(O[C@H]3c3ccc(Br)cc3)C(=O)c3ccccc3C2=O)cc1. The molecule has 0 saturated carbocycles. The van der Waals surface area contributed by atoms with Gasteiger partial charge >= 0.3 is 0 Å². The number of Topliss-reactive ketones (excluding diaryl/α,β-unsaturated/α-hetero) is 2. The Morgan fingerprint density at radius 1 is 0.806 bits per heavy atom. The molecule has 2 heterocycles. The molecule has 180 valence electrons. The zero-order chi connectivity index (χ0) is 25.4. The molecule has 3 aromatic carbocycles. The molecule has 2 amide bonds. The number of carbonyl (C=O) groups excluding carboxylic acids is 4. The molecular weight excluding hydrogens is 522 g/mol. The summed E-state index contributed by atoms with van der Waals surface area (Å²) >= 11 is 3.41. The number of ketones is 2. The predicted octanol–water partition coefficient (Wildman–Crippen LogP) is 5.27. The number of hydrogen-bond donors (Lipinski definition) is 0. The second-order valence-corrected chi connectivity index (χ2v) is 10.7. The second-order valence-electron chi connectivity index (χ2n) is 9.79. The van der Waals surface area contributed by atoms with Gasteiger partial charge in [-0.15, -0.1) is 0 Å². The third kappa shape index (κ3) is 2.99. The Bertz CT molecular complexity index is 1410. The van der Waals surface area contributed by atoms with E-state index in [0.29, 0.717) is 11.3 Å². The average Bonchev–Trinajstić information content (AvgIpc) is 3.44. The van der Waals surface area contributed by atoms with Crippen LogP contribution in [-0.2, 0) is 14.3 Å². The molecule has 2 saturated heterocycles. The van der Waals surface area contributed by atoms with Crippen LogP contribution >= 0.6 is 15.9 Å². The minimum atomic E-state index is -2.06. The van der Waals surface area contributed by atoms with Crippen LogP contribution < -0.4 is 4.90 Å². The highest BCUT2D eigenvalue weighted by atomic mass is 79.9. The number of amides is 2. The van der Waals surface area contributed by atoms with E-state index in [9.17, 15) is 19.2 Å². The maximum absolute atomic E-state index is 14.0. The summed E-state index contributed by atoms with van der Waals surface area (Å²) in [6.45, 7) is 4.12. The molecule has 3 aromatic rings. The molecule has 2 aliphatic heterocycles. The van der Waals surface area contributed by atoms with Crippen LogP contribution in [0.4, 0.5) is 5.69 Å². The third-order valence-corrected chi connectivity index (χ3v) is 8.06.